The van der Waals surface area contributed by atoms with Crippen molar-refractivity contribution in [1.29, 1.82) is 0 Å². The topological polar surface area (TPSA) is 96.8 Å². The van der Waals surface area contributed by atoms with Crippen molar-refractivity contribution in [3.05, 3.63) is 59.7 Å². The number of anilines is 3. The second-order valence-corrected chi connectivity index (χ2v) is 6.78. The molecule has 0 amide bonds. The molecule has 0 atom stereocenters. The Morgan fingerprint density at radius 2 is 1.62 bits per heavy atom. The maximum absolute atomic E-state index is 5.33. The summed E-state index contributed by atoms with van der Waals surface area (Å²) in [6.45, 7) is 6.30. The van der Waals surface area contributed by atoms with Crippen LogP contribution in [0.5, 0.6) is 11.5 Å². The minimum Gasteiger partial charge on any atom is -0.493 e. The molecule has 32 heavy (non-hydrogen) atoms. The van der Waals surface area contributed by atoms with Gasteiger partial charge in [-0.05, 0) is 43.2 Å². The molecule has 2 N–H and O–H groups in total. The Bertz CT molecular complexity index is 1020. The molecule has 0 saturated carbocycles. The number of hydrazone groups is 1. The van der Waals surface area contributed by atoms with E-state index in [1.165, 1.54) is 0 Å². The summed E-state index contributed by atoms with van der Waals surface area (Å²) in [5.74, 6) is 2.72. The number of nitrogens with zero attached hydrogens (tertiary/aromatic N) is 5. The second-order valence-electron chi connectivity index (χ2n) is 6.78. The van der Waals surface area contributed by atoms with Crippen LogP contribution in [0, 0.1) is 0 Å². The normalized spacial score (nSPS) is 10.8. The molecule has 0 aliphatic heterocycles. The fourth-order valence-electron chi connectivity index (χ4n) is 3.02. The van der Waals surface area contributed by atoms with E-state index in [0.717, 1.165) is 24.2 Å². The lowest BCUT2D eigenvalue weighted by Crippen LogP contribution is -2.25. The van der Waals surface area contributed by atoms with E-state index in [1.54, 1.807) is 20.4 Å². The van der Waals surface area contributed by atoms with E-state index in [4.69, 9.17) is 9.47 Å². The average Bonchev–Trinajstić information content (AvgIpc) is 2.84. The van der Waals surface area contributed by atoms with Crippen LogP contribution in [0.15, 0.2) is 53.6 Å². The molecule has 0 saturated heterocycles. The number of ether oxygens (including phenoxy) is 2. The van der Waals surface area contributed by atoms with E-state index in [0.29, 0.717) is 35.9 Å². The first-order valence-electron chi connectivity index (χ1n) is 10.5. The fraction of sp³-hybridized carbons (Fsp3) is 0.304. The predicted octanol–water partition coefficient (Wildman–Crippen LogP) is 3.79. The molecule has 3 aromatic rings. The van der Waals surface area contributed by atoms with E-state index in [2.05, 4.69) is 49.5 Å². The zero-order valence-electron chi connectivity index (χ0n) is 18.9. The number of nitrogens with one attached hydrogen (secondary N) is 2. The predicted molar refractivity (Wildman–Crippen MR) is 128 cm³/mol. The summed E-state index contributed by atoms with van der Waals surface area (Å²) in [6.07, 6.45) is 1.67. The first kappa shape index (κ1) is 22.8. The van der Waals surface area contributed by atoms with Gasteiger partial charge in [-0.25, -0.2) is 5.43 Å². The van der Waals surface area contributed by atoms with Gasteiger partial charge >= 0.3 is 0 Å². The fourth-order valence-corrected chi connectivity index (χ4v) is 3.02. The van der Waals surface area contributed by atoms with Crippen molar-refractivity contribution in [1.82, 2.24) is 15.0 Å². The minimum absolute atomic E-state index is 0.356. The van der Waals surface area contributed by atoms with Gasteiger partial charge in [0.15, 0.2) is 11.5 Å². The number of methoxy groups -OCH3 is 2. The van der Waals surface area contributed by atoms with E-state index in [9.17, 15) is 0 Å². The highest BCUT2D eigenvalue weighted by atomic mass is 16.5. The van der Waals surface area contributed by atoms with Gasteiger partial charge in [-0.1, -0.05) is 30.3 Å². The maximum atomic E-state index is 5.33. The Morgan fingerprint density at radius 1 is 0.906 bits per heavy atom. The summed E-state index contributed by atoms with van der Waals surface area (Å²) in [5.41, 5.74) is 4.89. The molecule has 1 heterocycles. The van der Waals surface area contributed by atoms with Gasteiger partial charge in [0.2, 0.25) is 17.8 Å². The van der Waals surface area contributed by atoms with Crippen LogP contribution in [-0.4, -0.2) is 48.5 Å². The average molecular weight is 436 g/mol. The van der Waals surface area contributed by atoms with Crippen molar-refractivity contribution < 1.29 is 9.47 Å². The summed E-state index contributed by atoms with van der Waals surface area (Å²) in [5, 5.41) is 7.55. The Morgan fingerprint density at radius 3 is 2.31 bits per heavy atom. The van der Waals surface area contributed by atoms with E-state index >= 15 is 0 Å². The van der Waals surface area contributed by atoms with Crippen molar-refractivity contribution in [2.24, 2.45) is 5.10 Å². The van der Waals surface area contributed by atoms with Gasteiger partial charge in [-0.3, -0.25) is 0 Å². The van der Waals surface area contributed by atoms with Crippen molar-refractivity contribution in [3.63, 3.8) is 0 Å². The van der Waals surface area contributed by atoms with Gasteiger partial charge in [0.25, 0.3) is 0 Å². The van der Waals surface area contributed by atoms with Crippen LogP contribution in [0.1, 0.15) is 25.0 Å². The molecule has 0 aliphatic rings. The third-order valence-electron chi connectivity index (χ3n) is 4.75. The monoisotopic (exact) mass is 435 g/mol. The third kappa shape index (κ3) is 6.07. The van der Waals surface area contributed by atoms with Gasteiger partial charge < -0.3 is 19.7 Å². The molecule has 1 aromatic heterocycles. The highest BCUT2D eigenvalue weighted by molar-refractivity contribution is 5.81. The molecule has 0 unspecified atom stereocenters. The zero-order chi connectivity index (χ0) is 22.8. The molecule has 0 bridgehead atoms. The maximum Gasteiger partial charge on any atom is 0.250 e. The van der Waals surface area contributed by atoms with E-state index < -0.39 is 0 Å². The van der Waals surface area contributed by atoms with Crippen LogP contribution in [0.4, 0.5) is 17.8 Å². The summed E-state index contributed by atoms with van der Waals surface area (Å²) < 4.78 is 10.6. The van der Waals surface area contributed by atoms with Crippen molar-refractivity contribution >= 4 is 24.1 Å². The highest BCUT2D eigenvalue weighted by Gasteiger charge is 2.11. The molecular formula is C23H29N7O2. The van der Waals surface area contributed by atoms with E-state index in [-0.39, 0.29) is 0 Å². The van der Waals surface area contributed by atoms with Gasteiger partial charge in [0, 0.05) is 19.6 Å². The number of hydrogen-bond acceptors (Lipinski definition) is 9. The zero-order valence-corrected chi connectivity index (χ0v) is 18.9. The van der Waals surface area contributed by atoms with Crippen molar-refractivity contribution in [3.8, 4) is 11.5 Å². The Labute approximate surface area is 188 Å². The summed E-state index contributed by atoms with van der Waals surface area (Å²) >= 11 is 0. The van der Waals surface area contributed by atoms with Crippen LogP contribution < -0.4 is 25.1 Å². The molecular weight excluding hydrogens is 406 g/mol. The Balaban J connectivity index is 1.78. The molecule has 0 spiro atoms. The van der Waals surface area contributed by atoms with Gasteiger partial charge in [-0.15, -0.1) is 0 Å². The van der Waals surface area contributed by atoms with Crippen LogP contribution in [0.25, 0.3) is 0 Å². The molecule has 2 aromatic carbocycles. The van der Waals surface area contributed by atoms with Crippen LogP contribution in [0.2, 0.25) is 0 Å². The number of aromatic nitrogens is 3. The number of hydrogen-bond donors (Lipinski definition) is 2. The van der Waals surface area contributed by atoms with Crippen LogP contribution >= 0.6 is 0 Å². The lowest BCUT2D eigenvalue weighted by atomic mass is 10.2. The van der Waals surface area contributed by atoms with Crippen LogP contribution in [-0.2, 0) is 6.54 Å². The van der Waals surface area contributed by atoms with Gasteiger partial charge in [0.05, 0.1) is 20.4 Å². The molecule has 9 heteroatoms. The second kappa shape index (κ2) is 11.5. The first-order valence-corrected chi connectivity index (χ1v) is 10.5. The number of benzene rings is 2. The highest BCUT2D eigenvalue weighted by Crippen LogP contribution is 2.26. The first-order chi connectivity index (χ1) is 15.7. The smallest absolute Gasteiger partial charge is 0.250 e. The van der Waals surface area contributed by atoms with E-state index in [1.807, 2.05) is 48.5 Å². The molecule has 0 aliphatic carbocycles. The number of rotatable bonds is 11. The van der Waals surface area contributed by atoms with Crippen LogP contribution in [0.3, 0.4) is 0 Å². The summed E-state index contributed by atoms with van der Waals surface area (Å²) in [4.78, 5) is 15.6. The lowest BCUT2D eigenvalue weighted by Gasteiger charge is -2.19. The largest absolute Gasteiger partial charge is 0.493 e. The molecule has 168 valence electrons. The third-order valence-corrected chi connectivity index (χ3v) is 4.75. The molecule has 9 nitrogen and oxygen atoms in total. The Kier molecular flexibility index (Phi) is 8.19. The lowest BCUT2D eigenvalue weighted by molar-refractivity contribution is 0.355. The quantitative estimate of drug-likeness (QED) is 0.347. The Hall–Kier alpha value is -3.88. The summed E-state index contributed by atoms with van der Waals surface area (Å²) in [6, 6.07) is 15.6. The van der Waals surface area contributed by atoms with Gasteiger partial charge in [0.1, 0.15) is 0 Å². The SMILES string of the molecule is CCN(CC)c1nc(NCc2ccccc2)nc(N/N=C\c2ccc(OC)c(OC)c2)n1. The molecule has 0 radical (unpaired) electrons. The van der Waals surface area contributed by atoms with Crippen molar-refractivity contribution in [2.45, 2.75) is 20.4 Å². The van der Waals surface area contributed by atoms with Crippen molar-refractivity contribution in [2.75, 3.05) is 43.0 Å². The van der Waals surface area contributed by atoms with Gasteiger partial charge in [-0.2, -0.15) is 20.1 Å². The minimum atomic E-state index is 0.356. The molecule has 3 rings (SSSR count). The summed E-state index contributed by atoms with van der Waals surface area (Å²) in [7, 11) is 3.20. The molecule has 0 fully saturated rings. The standard InChI is InChI=1S/C23H29N7O2/c1-5-30(6-2)23-27-21(24-15-17-10-8-7-9-11-17)26-22(28-23)29-25-16-18-12-13-19(31-3)20(14-18)32-4/h7-14,16H,5-6,15H2,1-4H3,(H2,24,26,27,28,29)/b25-16-.